The second kappa shape index (κ2) is 11.5. The van der Waals surface area contributed by atoms with Crippen molar-refractivity contribution >= 4 is 35.8 Å². The van der Waals surface area contributed by atoms with Crippen LogP contribution < -0.4 is 15.3 Å². The molecule has 1 fully saturated rings. The molecule has 0 saturated carbocycles. The standard InChI is InChI=1S/C28H30FN6O7P/c1-4-39-26(37)17(2)34-43(38,42-21-11-7-9-18-8-5-6-10-19(18)21)40-14-22-24(36)27(3,29)28(15-30,41-22)23-13-12-20-25(31)32-16-33-35(20)23/h5-13,16-17,22,24,36H,4,14H2,1-3H3,(H,34,38)(H2,31,32,33)/t17-,22+,24+,27+,28-,43?/m0/s1. The number of nitrogens with two attached hydrogens (primary N) is 1. The van der Waals surface area contributed by atoms with E-state index in [0.717, 1.165) is 18.6 Å². The smallest absolute Gasteiger partial charge is 0.459 e. The first-order chi connectivity index (χ1) is 20.5. The SMILES string of the molecule is CCOC(=O)[C@H](C)NP(=O)(OC[C@H]1O[C@@](C#N)(c2ccc3c(N)ncnn23)[C@](C)(F)[C@@H]1O)Oc1cccc2ccccc12. The average molecular weight is 613 g/mol. The summed E-state index contributed by atoms with van der Waals surface area (Å²) in [6.45, 7) is 3.42. The Labute approximate surface area is 245 Å². The molecule has 5 rings (SSSR count). The molecule has 4 N–H and O–H groups in total. The number of ether oxygens (including phenoxy) is 2. The van der Waals surface area contributed by atoms with Crippen molar-refractivity contribution in [1.29, 1.82) is 5.26 Å². The molecule has 3 heterocycles. The molecular formula is C28H30FN6O7P. The van der Waals surface area contributed by atoms with Crippen LogP contribution in [0.3, 0.4) is 0 Å². The summed E-state index contributed by atoms with van der Waals surface area (Å²) in [7, 11) is -4.45. The Morgan fingerprint density at radius 3 is 2.79 bits per heavy atom. The van der Waals surface area contributed by atoms with E-state index in [1.54, 1.807) is 31.2 Å². The molecule has 0 aliphatic carbocycles. The first-order valence-corrected chi connectivity index (χ1v) is 14.9. The molecule has 1 aliphatic rings. The van der Waals surface area contributed by atoms with Crippen molar-refractivity contribution in [3.63, 3.8) is 0 Å². The number of anilines is 1. The van der Waals surface area contributed by atoms with Crippen LogP contribution in [0.4, 0.5) is 10.2 Å². The second-order valence-corrected chi connectivity index (χ2v) is 11.8. The highest BCUT2D eigenvalue weighted by molar-refractivity contribution is 7.52. The van der Waals surface area contributed by atoms with Crippen LogP contribution >= 0.6 is 7.75 Å². The maximum Gasteiger partial charge on any atom is 0.459 e. The number of aromatic nitrogens is 3. The fraction of sp³-hybridized carbons (Fsp3) is 0.357. The minimum atomic E-state index is -4.45. The van der Waals surface area contributed by atoms with Crippen molar-refractivity contribution < 1.29 is 37.4 Å². The molecule has 0 spiro atoms. The Bertz CT molecular complexity index is 1760. The van der Waals surface area contributed by atoms with E-state index in [1.807, 2.05) is 24.3 Å². The van der Waals surface area contributed by atoms with Crippen LogP contribution in [0.2, 0.25) is 0 Å². The van der Waals surface area contributed by atoms with Crippen molar-refractivity contribution in [2.45, 2.75) is 50.3 Å². The summed E-state index contributed by atoms with van der Waals surface area (Å²) in [6.07, 6.45) is -2.30. The van der Waals surface area contributed by atoms with Gasteiger partial charge in [-0.2, -0.15) is 15.4 Å². The third-order valence-corrected chi connectivity index (χ3v) is 8.92. The molecule has 226 valence electrons. The maximum atomic E-state index is 16.4. The highest BCUT2D eigenvalue weighted by atomic mass is 31.2. The number of aliphatic hydroxyl groups is 1. The Morgan fingerprint density at radius 2 is 2.05 bits per heavy atom. The molecule has 4 aromatic rings. The van der Waals surface area contributed by atoms with Crippen LogP contribution in [0, 0.1) is 11.3 Å². The number of hydrogen-bond donors (Lipinski definition) is 3. The van der Waals surface area contributed by atoms with Gasteiger partial charge in [0.1, 0.15) is 41.9 Å². The summed E-state index contributed by atoms with van der Waals surface area (Å²) in [5.41, 5.74) is 1.08. The zero-order valence-electron chi connectivity index (χ0n) is 23.5. The fourth-order valence-electron chi connectivity index (χ4n) is 5.04. The van der Waals surface area contributed by atoms with Gasteiger partial charge in [0.15, 0.2) is 11.5 Å². The van der Waals surface area contributed by atoms with Crippen LogP contribution in [0.1, 0.15) is 26.5 Å². The largest absolute Gasteiger partial charge is 0.465 e. The predicted molar refractivity (Wildman–Crippen MR) is 152 cm³/mol. The van der Waals surface area contributed by atoms with Gasteiger partial charge in [0, 0.05) is 5.39 Å². The number of alkyl halides is 1. The van der Waals surface area contributed by atoms with Gasteiger partial charge in [-0.25, -0.2) is 18.5 Å². The number of nitrogen functional groups attached to an aromatic ring is 1. The topological polar surface area (TPSA) is 183 Å². The van der Waals surface area contributed by atoms with E-state index in [1.165, 1.54) is 23.6 Å². The van der Waals surface area contributed by atoms with Gasteiger partial charge in [0.2, 0.25) is 5.60 Å². The van der Waals surface area contributed by atoms with E-state index in [0.29, 0.717) is 10.9 Å². The summed E-state index contributed by atoms with van der Waals surface area (Å²) in [4.78, 5) is 16.3. The molecule has 6 atom stereocenters. The lowest BCUT2D eigenvalue weighted by Crippen LogP contribution is -2.48. The Balaban J connectivity index is 1.46. The van der Waals surface area contributed by atoms with Gasteiger partial charge in [-0.3, -0.25) is 9.32 Å². The minimum absolute atomic E-state index is 0.0464. The number of benzene rings is 2. The van der Waals surface area contributed by atoms with Crippen molar-refractivity contribution in [2.75, 3.05) is 18.9 Å². The predicted octanol–water partition coefficient (Wildman–Crippen LogP) is 3.42. The molecular weight excluding hydrogens is 582 g/mol. The molecule has 15 heteroatoms. The van der Waals surface area contributed by atoms with E-state index in [4.69, 9.17) is 24.3 Å². The lowest BCUT2D eigenvalue weighted by atomic mass is 9.82. The van der Waals surface area contributed by atoms with Gasteiger partial charge >= 0.3 is 13.7 Å². The molecule has 1 saturated heterocycles. The first-order valence-electron chi connectivity index (χ1n) is 13.4. The molecule has 1 aliphatic heterocycles. The number of fused-ring (bicyclic) bond motifs is 2. The highest BCUT2D eigenvalue weighted by Crippen LogP contribution is 2.52. The summed E-state index contributed by atoms with van der Waals surface area (Å²) < 4.78 is 54.2. The highest BCUT2D eigenvalue weighted by Gasteiger charge is 2.67. The number of nitrogens with zero attached hydrogens (tertiary/aromatic N) is 4. The Morgan fingerprint density at radius 1 is 1.30 bits per heavy atom. The third-order valence-electron chi connectivity index (χ3n) is 7.29. The Kier molecular flexibility index (Phi) is 8.13. The molecule has 0 radical (unpaired) electrons. The molecule has 2 aromatic heterocycles. The summed E-state index contributed by atoms with van der Waals surface area (Å²) in [5, 5.41) is 29.3. The van der Waals surface area contributed by atoms with Gasteiger partial charge in [-0.1, -0.05) is 36.4 Å². The molecule has 0 bridgehead atoms. The Hall–Kier alpha value is -4.12. The quantitative estimate of drug-likeness (QED) is 0.175. The number of nitrogens with one attached hydrogen (secondary N) is 1. The van der Waals surface area contributed by atoms with E-state index >= 15 is 4.39 Å². The van der Waals surface area contributed by atoms with Crippen LogP contribution in [0.15, 0.2) is 60.9 Å². The molecule has 0 amide bonds. The fourth-order valence-corrected chi connectivity index (χ4v) is 6.56. The molecule has 13 nitrogen and oxygen atoms in total. The van der Waals surface area contributed by atoms with Gasteiger partial charge in [-0.05, 0) is 44.4 Å². The number of esters is 1. The van der Waals surface area contributed by atoms with E-state index in [9.17, 15) is 19.7 Å². The number of rotatable bonds is 10. The van der Waals surface area contributed by atoms with Gasteiger partial charge in [0.05, 0.1) is 18.9 Å². The summed E-state index contributed by atoms with van der Waals surface area (Å²) >= 11 is 0. The van der Waals surface area contributed by atoms with Crippen molar-refractivity contribution in [1.82, 2.24) is 19.7 Å². The number of nitriles is 1. The van der Waals surface area contributed by atoms with Crippen molar-refractivity contribution in [2.24, 2.45) is 0 Å². The van der Waals surface area contributed by atoms with Crippen molar-refractivity contribution in [3.8, 4) is 11.8 Å². The van der Waals surface area contributed by atoms with Crippen LogP contribution in [-0.4, -0.2) is 62.8 Å². The van der Waals surface area contributed by atoms with Crippen LogP contribution in [0.25, 0.3) is 16.3 Å². The second-order valence-electron chi connectivity index (χ2n) is 10.1. The maximum absolute atomic E-state index is 16.4. The summed E-state index contributed by atoms with van der Waals surface area (Å²) in [5.74, 6) is -0.454. The van der Waals surface area contributed by atoms with Crippen LogP contribution in [-0.2, 0) is 29.0 Å². The number of halogens is 1. The third kappa shape index (κ3) is 5.30. The number of hydrogen-bond acceptors (Lipinski definition) is 11. The lowest BCUT2D eigenvalue weighted by Gasteiger charge is -2.30. The first kappa shape index (κ1) is 30.3. The lowest BCUT2D eigenvalue weighted by molar-refractivity contribution is -0.144. The number of carbonyl (C=O) groups excluding carboxylic acids is 1. The minimum Gasteiger partial charge on any atom is -0.465 e. The van der Waals surface area contributed by atoms with Gasteiger partial charge in [-0.15, -0.1) is 0 Å². The van der Waals surface area contributed by atoms with E-state index < -0.39 is 49.8 Å². The number of carbonyl (C=O) groups is 1. The van der Waals surface area contributed by atoms with Gasteiger partial charge < -0.3 is 24.8 Å². The molecule has 43 heavy (non-hydrogen) atoms. The monoisotopic (exact) mass is 612 g/mol. The molecule has 2 aromatic carbocycles. The van der Waals surface area contributed by atoms with Crippen molar-refractivity contribution in [3.05, 3.63) is 66.6 Å². The van der Waals surface area contributed by atoms with E-state index in [2.05, 4.69) is 15.2 Å². The normalized spacial score (nSPS) is 25.7. The van der Waals surface area contributed by atoms with Gasteiger partial charge in [0.25, 0.3) is 0 Å². The number of aliphatic hydroxyl groups excluding tert-OH is 1. The zero-order valence-corrected chi connectivity index (χ0v) is 24.4. The average Bonchev–Trinajstić information content (AvgIpc) is 3.50. The summed E-state index contributed by atoms with van der Waals surface area (Å²) in [6, 6.07) is 15.9. The molecule has 1 unspecified atom stereocenters. The van der Waals surface area contributed by atoms with E-state index in [-0.39, 0.29) is 23.9 Å². The zero-order chi connectivity index (χ0) is 31.0. The van der Waals surface area contributed by atoms with Crippen LogP contribution in [0.5, 0.6) is 5.75 Å².